The lowest BCUT2D eigenvalue weighted by Crippen LogP contribution is -2.43. The smallest absolute Gasteiger partial charge is 0.106 e. The second-order valence-corrected chi connectivity index (χ2v) is 11.5. The van der Waals surface area contributed by atoms with Crippen LogP contribution in [-0.2, 0) is 21.8 Å². The van der Waals surface area contributed by atoms with E-state index in [1.165, 1.54) is 7.11 Å². The molecule has 0 aromatic heterocycles. The van der Waals surface area contributed by atoms with Crippen molar-refractivity contribution >= 4 is 52.1 Å². The minimum atomic E-state index is -0.791. The van der Waals surface area contributed by atoms with E-state index in [-0.39, 0.29) is 12.5 Å². The lowest BCUT2D eigenvalue weighted by molar-refractivity contribution is -0.0261. The number of hydrogen-bond acceptors (Lipinski definition) is 5. The molecule has 1 unspecified atom stereocenters. The Hall–Kier alpha value is -1.83. The number of rotatable bonds is 11. The maximum atomic E-state index is 11.2. The molecule has 3 aromatic rings. The predicted molar refractivity (Wildman–Crippen MR) is 160 cm³/mol. The van der Waals surface area contributed by atoms with E-state index >= 15 is 0 Å². The van der Waals surface area contributed by atoms with Crippen LogP contribution in [0, 0.1) is 0 Å². The lowest BCUT2D eigenvalue weighted by Gasteiger charge is -2.39. The van der Waals surface area contributed by atoms with Gasteiger partial charge >= 0.3 is 0 Å². The van der Waals surface area contributed by atoms with Gasteiger partial charge in [-0.1, -0.05) is 88.0 Å². The first-order chi connectivity index (χ1) is 18.8. The van der Waals surface area contributed by atoms with Crippen LogP contribution in [0.25, 0.3) is 0 Å². The van der Waals surface area contributed by atoms with Gasteiger partial charge in [-0.3, -0.25) is 0 Å². The van der Waals surface area contributed by atoms with Crippen LogP contribution in [0.5, 0.6) is 0 Å². The molecule has 3 aromatic carbocycles. The molecule has 1 atom stereocenters. The van der Waals surface area contributed by atoms with E-state index in [1.807, 2.05) is 54.6 Å². The Morgan fingerprint density at radius 2 is 1.64 bits per heavy atom. The van der Waals surface area contributed by atoms with Gasteiger partial charge in [-0.05, 0) is 72.8 Å². The highest BCUT2D eigenvalue weighted by Crippen LogP contribution is 2.34. The molecule has 1 saturated heterocycles. The number of nitrogens with zero attached hydrogens (tertiary/aromatic N) is 2. The summed E-state index contributed by atoms with van der Waals surface area (Å²) in [5.41, 5.74) is 2.77. The summed E-state index contributed by atoms with van der Waals surface area (Å²) in [5, 5.41) is 17.7. The number of oxime groups is 1. The van der Waals surface area contributed by atoms with Crippen molar-refractivity contribution in [2.75, 3.05) is 33.4 Å². The quantitative estimate of drug-likeness (QED) is 0.177. The Labute approximate surface area is 250 Å². The molecule has 4 rings (SSSR count). The van der Waals surface area contributed by atoms with E-state index in [2.05, 4.69) is 10.1 Å². The number of piperidine rings is 1. The fourth-order valence-electron chi connectivity index (χ4n) is 5.03. The van der Waals surface area contributed by atoms with E-state index in [9.17, 15) is 5.11 Å². The number of likely N-dealkylation sites (tertiary alicyclic amines) is 1. The summed E-state index contributed by atoms with van der Waals surface area (Å²) in [5.74, 6) is -0.113. The Morgan fingerprint density at radius 3 is 2.28 bits per heavy atom. The van der Waals surface area contributed by atoms with Gasteiger partial charge in [0.15, 0.2) is 0 Å². The van der Waals surface area contributed by atoms with Gasteiger partial charge in [0.1, 0.15) is 7.11 Å². The van der Waals surface area contributed by atoms with Crippen LogP contribution >= 0.6 is 46.4 Å². The molecule has 208 valence electrons. The summed E-state index contributed by atoms with van der Waals surface area (Å²) < 4.78 is 6.04. The van der Waals surface area contributed by atoms with Gasteiger partial charge in [0.25, 0.3) is 0 Å². The largest absolute Gasteiger partial charge is 0.399 e. The number of ether oxygens (including phenoxy) is 1. The molecular formula is C30H32Cl4N2O3. The number of halogens is 4. The molecule has 0 saturated carbocycles. The number of hydrogen-bond donors (Lipinski definition) is 1. The average molecular weight is 610 g/mol. The van der Waals surface area contributed by atoms with Gasteiger partial charge in [-0.25, -0.2) is 0 Å². The van der Waals surface area contributed by atoms with Crippen LogP contribution < -0.4 is 0 Å². The van der Waals surface area contributed by atoms with Crippen LogP contribution in [0.15, 0.2) is 71.9 Å². The van der Waals surface area contributed by atoms with Gasteiger partial charge in [-0.2, -0.15) is 0 Å². The molecule has 1 fully saturated rings. The normalized spacial score (nSPS) is 16.7. The zero-order valence-electron chi connectivity index (χ0n) is 21.8. The van der Waals surface area contributed by atoms with Crippen LogP contribution in [0.3, 0.4) is 0 Å². The van der Waals surface area contributed by atoms with Crippen molar-refractivity contribution in [3.05, 3.63) is 104 Å². The monoisotopic (exact) mass is 608 g/mol. The molecule has 5 nitrogen and oxygen atoms in total. The first-order valence-electron chi connectivity index (χ1n) is 12.9. The first kappa shape index (κ1) is 30.1. The summed E-state index contributed by atoms with van der Waals surface area (Å²) in [4.78, 5) is 7.61. The fraction of sp³-hybridized carbons (Fsp3) is 0.367. The Kier molecular flexibility index (Phi) is 11.0. The highest BCUT2D eigenvalue weighted by molar-refractivity contribution is 6.42. The maximum Gasteiger partial charge on any atom is 0.106 e. The third-order valence-corrected chi connectivity index (χ3v) is 8.30. The highest BCUT2D eigenvalue weighted by atomic mass is 35.5. The van der Waals surface area contributed by atoms with E-state index in [0.29, 0.717) is 39.5 Å². The van der Waals surface area contributed by atoms with Gasteiger partial charge in [0.05, 0.1) is 34.6 Å². The molecule has 0 bridgehead atoms. The molecule has 1 heterocycles. The standard InChI is InChI=1S/C30H32Cl4N2O3/c1-38-35-29(20-39-19-21-15-24(31)18-25(32)16-21)26(22-7-8-27(33)28(34)17-22)9-12-36-13-10-30(37,11-14-36)23-5-3-2-4-6-23/h2-8,15-18,26,37H,9-14,19-20H2,1H3. The van der Waals surface area contributed by atoms with Crippen molar-refractivity contribution in [1.82, 2.24) is 4.90 Å². The van der Waals surface area contributed by atoms with Gasteiger partial charge < -0.3 is 19.6 Å². The molecule has 39 heavy (non-hydrogen) atoms. The van der Waals surface area contributed by atoms with Crippen molar-refractivity contribution < 1.29 is 14.7 Å². The molecule has 9 heteroatoms. The SMILES string of the molecule is CON=C(COCc1cc(Cl)cc(Cl)c1)C(CCN1CCC(O)(c2ccccc2)CC1)c1ccc(Cl)c(Cl)c1. The van der Waals surface area contributed by atoms with Gasteiger partial charge in [0, 0.05) is 29.1 Å². The zero-order valence-corrected chi connectivity index (χ0v) is 24.8. The topological polar surface area (TPSA) is 54.3 Å². The van der Waals surface area contributed by atoms with E-state index < -0.39 is 5.60 Å². The maximum absolute atomic E-state index is 11.2. The molecule has 1 aliphatic rings. The Balaban J connectivity index is 1.45. The predicted octanol–water partition coefficient (Wildman–Crippen LogP) is 7.98. The van der Waals surface area contributed by atoms with Gasteiger partial charge in [-0.15, -0.1) is 0 Å². The summed E-state index contributed by atoms with van der Waals surface area (Å²) in [6.45, 7) is 2.96. The molecule has 1 aliphatic heterocycles. The minimum absolute atomic E-state index is 0.113. The third-order valence-electron chi connectivity index (χ3n) is 7.13. The second kappa shape index (κ2) is 14.2. The van der Waals surface area contributed by atoms with Gasteiger partial charge in [0.2, 0.25) is 0 Å². The summed E-state index contributed by atoms with van der Waals surface area (Å²) >= 11 is 24.9. The molecular weight excluding hydrogens is 578 g/mol. The van der Waals surface area contributed by atoms with Crippen molar-refractivity contribution in [2.24, 2.45) is 5.16 Å². The van der Waals surface area contributed by atoms with Crippen molar-refractivity contribution in [3.8, 4) is 0 Å². The first-order valence-corrected chi connectivity index (χ1v) is 14.4. The van der Waals surface area contributed by atoms with Crippen LogP contribution in [0.2, 0.25) is 20.1 Å². The van der Waals surface area contributed by atoms with Crippen molar-refractivity contribution in [3.63, 3.8) is 0 Å². The molecule has 0 spiro atoms. The van der Waals surface area contributed by atoms with E-state index in [1.54, 1.807) is 12.1 Å². The highest BCUT2D eigenvalue weighted by Gasteiger charge is 2.34. The molecule has 0 radical (unpaired) electrons. The van der Waals surface area contributed by atoms with Crippen molar-refractivity contribution in [1.29, 1.82) is 0 Å². The minimum Gasteiger partial charge on any atom is -0.399 e. The second-order valence-electron chi connectivity index (χ2n) is 9.79. The lowest BCUT2D eigenvalue weighted by atomic mass is 9.84. The molecule has 0 aliphatic carbocycles. The van der Waals surface area contributed by atoms with E-state index in [0.717, 1.165) is 48.5 Å². The van der Waals surface area contributed by atoms with E-state index in [4.69, 9.17) is 56.0 Å². The summed E-state index contributed by atoms with van der Waals surface area (Å²) in [6.07, 6.45) is 2.12. The zero-order chi connectivity index (χ0) is 27.8. The average Bonchev–Trinajstić information content (AvgIpc) is 2.92. The van der Waals surface area contributed by atoms with Crippen molar-refractivity contribution in [2.45, 2.75) is 37.4 Å². The Bertz CT molecular complexity index is 1240. The fourth-order valence-corrected chi connectivity index (χ4v) is 5.90. The molecule has 1 N–H and O–H groups in total. The van der Waals surface area contributed by atoms with Crippen LogP contribution in [0.4, 0.5) is 0 Å². The summed E-state index contributed by atoms with van der Waals surface area (Å²) in [7, 11) is 1.53. The Morgan fingerprint density at radius 1 is 0.949 bits per heavy atom. The molecule has 0 amide bonds. The van der Waals surface area contributed by atoms with Crippen LogP contribution in [-0.4, -0.2) is 49.1 Å². The third kappa shape index (κ3) is 8.34. The number of aliphatic hydroxyl groups is 1. The number of benzene rings is 3. The summed E-state index contributed by atoms with van der Waals surface area (Å²) in [6, 6.07) is 20.9. The van der Waals surface area contributed by atoms with Crippen LogP contribution in [0.1, 0.15) is 41.9 Å².